The summed E-state index contributed by atoms with van der Waals surface area (Å²) in [6.45, 7) is 25.3. The first-order valence-electron chi connectivity index (χ1n) is 26.1. The average Bonchev–Trinajstić information content (AvgIpc) is 3.58. The van der Waals surface area contributed by atoms with E-state index in [9.17, 15) is 36.3 Å². The zero-order valence-corrected chi connectivity index (χ0v) is 46.0. The van der Waals surface area contributed by atoms with Crippen molar-refractivity contribution >= 4 is 65.9 Å². The quantitative estimate of drug-likeness (QED) is 0.0435. The molecule has 2 atom stereocenters. The molecule has 0 spiro atoms. The van der Waals surface area contributed by atoms with Crippen molar-refractivity contribution in [2.75, 3.05) is 40.1 Å². The molecule has 5 rings (SSSR count). The van der Waals surface area contributed by atoms with Gasteiger partial charge in [0.25, 0.3) is 0 Å². The number of rotatable bonds is 27. The molecule has 2 aromatic rings. The Kier molecular flexibility index (Phi) is 19.2. The fourth-order valence-corrected chi connectivity index (χ4v) is 12.8. The summed E-state index contributed by atoms with van der Waals surface area (Å²) in [4.78, 5) is 44.6. The minimum absolute atomic E-state index is 0.00783. The summed E-state index contributed by atoms with van der Waals surface area (Å²) in [6, 6.07) is 7.78. The van der Waals surface area contributed by atoms with Gasteiger partial charge in [-0.1, -0.05) is 91.9 Å². The number of anilines is 3. The maximum Gasteiger partial charge on any atom is 0.225 e. The third-order valence-electron chi connectivity index (χ3n) is 15.1. The summed E-state index contributed by atoms with van der Waals surface area (Å²) in [5, 5.41) is 19.4. The number of ketones is 1. The number of carbonyl (C=O) groups excluding carboxylic acids is 3. The highest BCUT2D eigenvalue weighted by molar-refractivity contribution is 7.89. The third kappa shape index (κ3) is 12.9. The van der Waals surface area contributed by atoms with Crippen LogP contribution < -0.4 is 40.1 Å². The molecule has 0 fully saturated rings. The summed E-state index contributed by atoms with van der Waals surface area (Å²) in [7, 11) is -7.16. The highest BCUT2D eigenvalue weighted by atomic mass is 32.2. The summed E-state index contributed by atoms with van der Waals surface area (Å²) in [5.41, 5.74) is 3.03. The van der Waals surface area contributed by atoms with Gasteiger partial charge in [-0.05, 0) is 92.0 Å². The largest absolute Gasteiger partial charge is 0.506 e. The van der Waals surface area contributed by atoms with E-state index in [2.05, 4.69) is 113 Å². The molecule has 2 aromatic carbocycles. The van der Waals surface area contributed by atoms with Crippen molar-refractivity contribution in [3.8, 4) is 0 Å². The SMILES string of the molecule is CCCCCCCCS(=O)(=O)NCCC(=O)Nc1cc2c(cc1C1=C(O)C(=c3cc4c(cc3NC(=O)CCNS(=O)(=O)CCCCCCCC)=[N+](C(C)C)C(C)C4(C)C)C1=O)C(C)(C)C(C)N2C(C)C. The number of nitrogens with one attached hydrogen (secondary N) is 4. The lowest BCUT2D eigenvalue weighted by molar-refractivity contribution is -0.116. The molecule has 0 aromatic heterocycles. The van der Waals surface area contributed by atoms with Crippen LogP contribution in [0.1, 0.15) is 190 Å². The normalized spacial score (nSPS) is 19.3. The maximum atomic E-state index is 14.9. The van der Waals surface area contributed by atoms with E-state index in [0.29, 0.717) is 35.0 Å². The number of unbranched alkanes of at least 4 members (excludes halogenated alkanes) is 10. The van der Waals surface area contributed by atoms with Gasteiger partial charge in [0, 0.05) is 71.5 Å². The van der Waals surface area contributed by atoms with Crippen LogP contribution in [0.5, 0.6) is 0 Å². The molecule has 0 radical (unpaired) electrons. The first kappa shape index (κ1) is 56.8. The van der Waals surface area contributed by atoms with Gasteiger partial charge in [0.1, 0.15) is 11.8 Å². The Morgan fingerprint density at radius 1 is 0.686 bits per heavy atom. The number of aliphatic hydroxyl groups excluding tert-OH is 1. The van der Waals surface area contributed by atoms with E-state index in [1.54, 1.807) is 0 Å². The van der Waals surface area contributed by atoms with Gasteiger partial charge >= 0.3 is 0 Å². The van der Waals surface area contributed by atoms with E-state index in [1.807, 2.05) is 24.3 Å². The van der Waals surface area contributed by atoms with Crippen LogP contribution in [0.3, 0.4) is 0 Å². The topological polar surface area (TPSA) is 194 Å². The van der Waals surface area contributed by atoms with E-state index in [-0.39, 0.29) is 89.3 Å². The van der Waals surface area contributed by atoms with Crippen molar-refractivity contribution in [3.05, 3.63) is 57.3 Å². The van der Waals surface area contributed by atoms with Crippen molar-refractivity contribution in [2.24, 2.45) is 0 Å². The second-order valence-corrected chi connectivity index (χ2v) is 25.5. The Morgan fingerprint density at radius 3 is 1.67 bits per heavy atom. The average molecular weight is 1010 g/mol. The fourth-order valence-electron chi connectivity index (χ4n) is 10.5. The molecule has 2 heterocycles. The van der Waals surface area contributed by atoms with Crippen LogP contribution in [0.15, 0.2) is 30.0 Å². The van der Waals surface area contributed by atoms with Gasteiger partial charge in [-0.2, -0.15) is 0 Å². The van der Waals surface area contributed by atoms with Gasteiger partial charge in [-0.15, -0.1) is 0 Å². The molecule has 1 aliphatic carbocycles. The zero-order chi connectivity index (χ0) is 51.9. The summed E-state index contributed by atoms with van der Waals surface area (Å²) in [6.07, 6.45) is 11.1. The number of hydrogen-bond donors (Lipinski definition) is 5. The van der Waals surface area contributed by atoms with Crippen LogP contribution in [-0.4, -0.2) is 88.3 Å². The van der Waals surface area contributed by atoms with Gasteiger partial charge in [-0.25, -0.2) is 30.9 Å². The van der Waals surface area contributed by atoms with Gasteiger partial charge < -0.3 is 20.6 Å². The fraction of sp³-hybridized carbons (Fsp3) is 0.667. The number of carbonyl (C=O) groups is 3. The number of nitrogens with zero attached hydrogens (tertiary/aromatic N) is 2. The van der Waals surface area contributed by atoms with Crippen molar-refractivity contribution in [1.29, 1.82) is 0 Å². The number of aliphatic hydroxyl groups is 1. The molecule has 390 valence electrons. The van der Waals surface area contributed by atoms with Crippen molar-refractivity contribution in [1.82, 2.24) is 14.0 Å². The standard InChI is InChI=1S/C54H84N6O8S2/c1-13-15-17-19-21-23-29-69(65,66)55-27-25-47(61)57-43-33-45-41(53(9,10)37(7)59(45)35(3)4)31-39(43)49-51(63)50(52(49)64)40-32-42-46(60(36(5)6)38(8)54(42,11)12)34-44(40)58-48(62)26-28-56-70(67,68)30-24-22-20-18-16-14-2/h31-38,55-56H,13-30H2,1-12H3,(H2,57,58,61,62,63,64)/p+1. The molecular formula is C54H85N6O8S2+. The van der Waals surface area contributed by atoms with Crippen LogP contribution in [-0.2, 0) is 45.3 Å². The minimum atomic E-state index is -3.58. The molecule has 2 unspecified atom stereocenters. The molecule has 0 bridgehead atoms. The lowest BCUT2D eigenvalue weighted by atomic mass is 9.76. The van der Waals surface area contributed by atoms with Crippen molar-refractivity contribution in [2.45, 2.75) is 208 Å². The monoisotopic (exact) mass is 1010 g/mol. The molecule has 16 heteroatoms. The molecule has 3 aliphatic rings. The van der Waals surface area contributed by atoms with Crippen LogP contribution in [0.4, 0.5) is 17.1 Å². The molecule has 0 saturated carbocycles. The Morgan fingerprint density at radius 2 is 1.19 bits per heavy atom. The predicted octanol–water partition coefficient (Wildman–Crippen LogP) is 8.08. The summed E-state index contributed by atoms with van der Waals surface area (Å²) in [5.74, 6) is -1.68. The Balaban J connectivity index is 1.52. The summed E-state index contributed by atoms with van der Waals surface area (Å²) < 4.78 is 58.6. The summed E-state index contributed by atoms with van der Waals surface area (Å²) >= 11 is 0. The minimum Gasteiger partial charge on any atom is -0.506 e. The molecule has 0 saturated heterocycles. The first-order valence-corrected chi connectivity index (χ1v) is 29.5. The Labute approximate surface area is 419 Å². The second kappa shape index (κ2) is 23.6. The molecule has 5 N–H and O–H groups in total. The van der Waals surface area contributed by atoms with Crippen LogP contribution >= 0.6 is 0 Å². The van der Waals surface area contributed by atoms with Crippen LogP contribution in [0, 0.1) is 0 Å². The van der Waals surface area contributed by atoms with Crippen molar-refractivity contribution in [3.63, 3.8) is 0 Å². The molecule has 2 amide bonds. The third-order valence-corrected chi connectivity index (χ3v) is 18.1. The number of sulfonamides is 2. The van der Waals surface area contributed by atoms with E-state index >= 15 is 0 Å². The zero-order valence-electron chi connectivity index (χ0n) is 44.4. The molecule has 14 nitrogen and oxygen atoms in total. The number of benzene rings is 2. The first-order chi connectivity index (χ1) is 32.8. The van der Waals surface area contributed by atoms with Gasteiger partial charge in [0.15, 0.2) is 6.04 Å². The van der Waals surface area contributed by atoms with E-state index in [1.165, 1.54) is 0 Å². The molecule has 70 heavy (non-hydrogen) atoms. The molecular weight excluding hydrogens is 925 g/mol. The molecule has 2 aliphatic heterocycles. The lowest BCUT2D eigenvalue weighted by Gasteiger charge is -2.34. The lowest BCUT2D eigenvalue weighted by Crippen LogP contribution is -2.42. The highest BCUT2D eigenvalue weighted by Gasteiger charge is 2.48. The van der Waals surface area contributed by atoms with Gasteiger partial charge in [-0.3, -0.25) is 14.4 Å². The number of fused-ring (bicyclic) bond motifs is 2. The van der Waals surface area contributed by atoms with Crippen LogP contribution in [0.2, 0.25) is 0 Å². The number of allylic oxidation sites excluding steroid dienone is 2. The maximum absolute atomic E-state index is 14.9. The van der Waals surface area contributed by atoms with Gasteiger partial charge in [0.05, 0.1) is 39.4 Å². The second-order valence-electron chi connectivity index (χ2n) is 21.6. The van der Waals surface area contributed by atoms with E-state index in [0.717, 1.165) is 86.4 Å². The smallest absolute Gasteiger partial charge is 0.225 e. The Hall–Kier alpha value is -4.12. The van der Waals surface area contributed by atoms with Crippen molar-refractivity contribution < 1.29 is 36.3 Å². The van der Waals surface area contributed by atoms with E-state index < -0.39 is 37.6 Å². The predicted molar refractivity (Wildman–Crippen MR) is 286 cm³/mol. The van der Waals surface area contributed by atoms with E-state index in [4.69, 9.17) is 0 Å². The van der Waals surface area contributed by atoms with Gasteiger partial charge in [0.2, 0.25) is 43.0 Å². The van der Waals surface area contributed by atoms with Crippen LogP contribution in [0.25, 0.3) is 11.1 Å². The number of amides is 2. The highest BCUT2D eigenvalue weighted by Crippen LogP contribution is 2.51. The Bertz CT molecular complexity index is 2650. The number of hydrogen-bond acceptors (Lipinski definition) is 9. The number of Topliss-reactive ketones (excluding diaryl/α,β-unsaturated/α-hetero) is 1.